The van der Waals surface area contributed by atoms with Crippen molar-refractivity contribution in [2.45, 2.75) is 38.4 Å². The Morgan fingerprint density at radius 1 is 1.43 bits per heavy atom. The summed E-state index contributed by atoms with van der Waals surface area (Å²) in [6, 6.07) is 4.29. The van der Waals surface area contributed by atoms with Crippen LogP contribution >= 0.6 is 23.4 Å². The normalized spacial score (nSPS) is 11.0. The van der Waals surface area contributed by atoms with Crippen LogP contribution in [0.2, 0.25) is 5.02 Å². The third kappa shape index (κ3) is 4.45. The molecule has 0 atom stereocenters. The first-order valence-electron chi connectivity index (χ1n) is 7.23. The molecule has 124 valence electrons. The molecule has 2 aromatic rings. The molecule has 1 amide bonds. The van der Waals surface area contributed by atoms with Crippen molar-refractivity contribution >= 4 is 35.0 Å². The van der Waals surface area contributed by atoms with Gasteiger partial charge in [-0.05, 0) is 32.0 Å². The van der Waals surface area contributed by atoms with Gasteiger partial charge in [0, 0.05) is 18.2 Å². The fourth-order valence-corrected chi connectivity index (χ4v) is 3.13. The summed E-state index contributed by atoms with van der Waals surface area (Å²) in [4.78, 5) is 12.0. The molecule has 0 saturated heterocycles. The van der Waals surface area contributed by atoms with E-state index in [0.717, 1.165) is 12.2 Å². The predicted molar refractivity (Wildman–Crippen MR) is 90.5 cm³/mol. The average molecular weight is 357 g/mol. The number of aryl methyl sites for hydroxylation is 1. The maximum Gasteiger partial charge on any atom is 0.234 e. The fraction of sp³-hybridized carbons (Fsp3) is 0.400. The first-order chi connectivity index (χ1) is 10.9. The van der Waals surface area contributed by atoms with Crippen LogP contribution in [-0.4, -0.2) is 26.4 Å². The van der Waals surface area contributed by atoms with Crippen molar-refractivity contribution in [1.82, 2.24) is 14.8 Å². The average Bonchev–Trinajstić information content (AvgIpc) is 2.92. The van der Waals surface area contributed by atoms with Crippen LogP contribution in [0, 0.1) is 5.82 Å². The maximum absolute atomic E-state index is 13.1. The molecule has 0 fully saturated rings. The van der Waals surface area contributed by atoms with Crippen molar-refractivity contribution in [3.05, 3.63) is 34.9 Å². The molecule has 0 saturated carbocycles. The molecular formula is C15H18ClFN4OS. The van der Waals surface area contributed by atoms with Gasteiger partial charge < -0.3 is 9.88 Å². The summed E-state index contributed by atoms with van der Waals surface area (Å²) in [7, 11) is 0. The second-order valence-corrected chi connectivity index (χ2v) is 6.53. The smallest absolute Gasteiger partial charge is 0.234 e. The number of amides is 1. The number of hydrogen-bond donors (Lipinski definition) is 1. The molecule has 5 nitrogen and oxygen atoms in total. The number of thioether (sulfide) groups is 1. The largest absolute Gasteiger partial charge is 0.325 e. The van der Waals surface area contributed by atoms with Crippen molar-refractivity contribution < 1.29 is 9.18 Å². The molecule has 0 aliphatic carbocycles. The Bertz CT molecular complexity index is 705. The van der Waals surface area contributed by atoms with Gasteiger partial charge in [0.05, 0.1) is 10.8 Å². The van der Waals surface area contributed by atoms with Crippen LogP contribution in [0.25, 0.3) is 0 Å². The second-order valence-electron chi connectivity index (χ2n) is 5.18. The summed E-state index contributed by atoms with van der Waals surface area (Å²) in [5, 5.41) is 11.6. The zero-order valence-electron chi connectivity index (χ0n) is 13.1. The highest BCUT2D eigenvalue weighted by Gasteiger charge is 2.15. The molecule has 0 unspecified atom stereocenters. The lowest BCUT2D eigenvalue weighted by atomic mass is 10.3. The lowest BCUT2D eigenvalue weighted by Gasteiger charge is -2.12. The summed E-state index contributed by atoms with van der Waals surface area (Å²) in [6.07, 6.45) is 0.784. The first kappa shape index (κ1) is 17.7. The minimum Gasteiger partial charge on any atom is -0.325 e. The quantitative estimate of drug-likeness (QED) is 0.796. The van der Waals surface area contributed by atoms with E-state index in [1.54, 1.807) is 0 Å². The predicted octanol–water partition coefficient (Wildman–Crippen LogP) is 3.94. The number of halogens is 2. The number of carbonyl (C=O) groups excluding carboxylic acids is 1. The van der Waals surface area contributed by atoms with Crippen molar-refractivity contribution in [2.75, 3.05) is 11.1 Å². The van der Waals surface area contributed by atoms with E-state index in [4.69, 9.17) is 11.6 Å². The molecule has 0 aliphatic heterocycles. The molecule has 0 radical (unpaired) electrons. The Kier molecular flexibility index (Phi) is 6.01. The second kappa shape index (κ2) is 7.79. The van der Waals surface area contributed by atoms with Crippen molar-refractivity contribution in [3.8, 4) is 0 Å². The zero-order valence-corrected chi connectivity index (χ0v) is 14.7. The first-order valence-corrected chi connectivity index (χ1v) is 8.60. The van der Waals surface area contributed by atoms with Crippen molar-refractivity contribution in [1.29, 1.82) is 0 Å². The third-order valence-corrected chi connectivity index (χ3v) is 4.34. The maximum atomic E-state index is 13.1. The van der Waals surface area contributed by atoms with E-state index in [9.17, 15) is 9.18 Å². The number of benzene rings is 1. The SMILES string of the molecule is CCc1nnc(SCC(=O)Nc2ccc(F)c(Cl)c2)n1C(C)C. The van der Waals surface area contributed by atoms with Gasteiger partial charge >= 0.3 is 0 Å². The number of anilines is 1. The zero-order chi connectivity index (χ0) is 17.0. The molecule has 0 aliphatic rings. The molecule has 2 rings (SSSR count). The summed E-state index contributed by atoms with van der Waals surface area (Å²) >= 11 is 7.01. The lowest BCUT2D eigenvalue weighted by Crippen LogP contribution is -2.15. The minimum absolute atomic E-state index is 0.0254. The molecule has 1 heterocycles. The fourth-order valence-electron chi connectivity index (χ4n) is 2.07. The van der Waals surface area contributed by atoms with Crippen LogP contribution in [-0.2, 0) is 11.2 Å². The minimum atomic E-state index is -0.517. The van der Waals surface area contributed by atoms with Gasteiger partial charge in [0.15, 0.2) is 5.16 Å². The van der Waals surface area contributed by atoms with E-state index in [1.807, 2.05) is 25.3 Å². The third-order valence-electron chi connectivity index (χ3n) is 3.10. The number of nitrogens with zero attached hydrogens (tertiary/aromatic N) is 3. The van der Waals surface area contributed by atoms with Gasteiger partial charge in [-0.25, -0.2) is 4.39 Å². The molecule has 1 N–H and O–H groups in total. The van der Waals surface area contributed by atoms with Crippen LogP contribution in [0.5, 0.6) is 0 Å². The molecule has 0 bridgehead atoms. The Morgan fingerprint density at radius 3 is 2.78 bits per heavy atom. The standard InChI is InChI=1S/C15H18ClFN4OS/c1-4-13-19-20-15(21(13)9(2)3)23-8-14(22)18-10-5-6-12(17)11(16)7-10/h5-7,9H,4,8H2,1-3H3,(H,18,22). The van der Waals surface area contributed by atoms with Crippen LogP contribution < -0.4 is 5.32 Å². The Morgan fingerprint density at radius 2 is 2.17 bits per heavy atom. The Hall–Kier alpha value is -1.60. The number of hydrogen-bond acceptors (Lipinski definition) is 4. The number of rotatable bonds is 6. The van der Waals surface area contributed by atoms with Crippen molar-refractivity contribution in [2.24, 2.45) is 0 Å². The molecule has 1 aromatic heterocycles. The molecule has 8 heteroatoms. The summed E-state index contributed by atoms with van der Waals surface area (Å²) in [5.74, 6) is 0.349. The van der Waals surface area contributed by atoms with E-state index in [1.165, 1.54) is 30.0 Å². The van der Waals surface area contributed by atoms with E-state index in [-0.39, 0.29) is 22.7 Å². The van der Waals surface area contributed by atoms with Crippen LogP contribution in [0.3, 0.4) is 0 Å². The number of aromatic nitrogens is 3. The molecule has 0 spiro atoms. The topological polar surface area (TPSA) is 59.8 Å². The van der Waals surface area contributed by atoms with Crippen LogP contribution in [0.1, 0.15) is 32.6 Å². The highest BCUT2D eigenvalue weighted by molar-refractivity contribution is 7.99. The van der Waals surface area contributed by atoms with E-state index < -0.39 is 5.82 Å². The lowest BCUT2D eigenvalue weighted by molar-refractivity contribution is -0.113. The highest BCUT2D eigenvalue weighted by Crippen LogP contribution is 2.23. The van der Waals surface area contributed by atoms with Gasteiger partial charge in [0.1, 0.15) is 11.6 Å². The number of nitrogens with one attached hydrogen (secondary N) is 1. The molecular weight excluding hydrogens is 339 g/mol. The van der Waals surface area contributed by atoms with Gasteiger partial charge in [-0.15, -0.1) is 10.2 Å². The highest BCUT2D eigenvalue weighted by atomic mass is 35.5. The van der Waals surface area contributed by atoms with E-state index >= 15 is 0 Å². The monoisotopic (exact) mass is 356 g/mol. The van der Waals surface area contributed by atoms with Gasteiger partial charge in [0.25, 0.3) is 0 Å². The Balaban J connectivity index is 1.99. The Labute approximate surface area is 143 Å². The van der Waals surface area contributed by atoms with E-state index in [2.05, 4.69) is 15.5 Å². The van der Waals surface area contributed by atoms with Gasteiger partial charge in [0.2, 0.25) is 5.91 Å². The summed E-state index contributed by atoms with van der Waals surface area (Å²) < 4.78 is 15.1. The van der Waals surface area contributed by atoms with Gasteiger partial charge in [-0.1, -0.05) is 30.3 Å². The van der Waals surface area contributed by atoms with E-state index in [0.29, 0.717) is 10.8 Å². The summed E-state index contributed by atoms with van der Waals surface area (Å²) in [6.45, 7) is 6.11. The molecule has 23 heavy (non-hydrogen) atoms. The van der Waals surface area contributed by atoms with Crippen molar-refractivity contribution in [3.63, 3.8) is 0 Å². The van der Waals surface area contributed by atoms with Gasteiger partial charge in [-0.3, -0.25) is 4.79 Å². The van der Waals surface area contributed by atoms with Gasteiger partial charge in [-0.2, -0.15) is 0 Å². The molecule has 1 aromatic carbocycles. The number of carbonyl (C=O) groups is 1. The van der Waals surface area contributed by atoms with Crippen LogP contribution in [0.4, 0.5) is 10.1 Å². The van der Waals surface area contributed by atoms with Crippen LogP contribution in [0.15, 0.2) is 23.4 Å². The summed E-state index contributed by atoms with van der Waals surface area (Å²) in [5.41, 5.74) is 0.460.